The van der Waals surface area contributed by atoms with Gasteiger partial charge in [0, 0.05) is 24.6 Å². The predicted molar refractivity (Wildman–Crippen MR) is 137 cm³/mol. The number of fused-ring (bicyclic) bond motifs is 2. The molecule has 0 radical (unpaired) electrons. The summed E-state index contributed by atoms with van der Waals surface area (Å²) in [5, 5.41) is 6.29. The number of carbonyl (C=O) groups excluding carboxylic acids is 3. The molecule has 0 aromatic heterocycles. The van der Waals surface area contributed by atoms with Crippen LogP contribution in [0.25, 0.3) is 0 Å². The molecular formula is C30H35N3O3. The fourth-order valence-electron chi connectivity index (χ4n) is 6.94. The van der Waals surface area contributed by atoms with E-state index in [2.05, 4.69) is 47.0 Å². The lowest BCUT2D eigenvalue weighted by atomic mass is 9.76. The Kier molecular flexibility index (Phi) is 6.38. The molecule has 0 bridgehead atoms. The normalized spacial score (nSPS) is 27.7. The quantitative estimate of drug-likeness (QED) is 0.605. The Bertz CT molecular complexity index is 1190. The first kappa shape index (κ1) is 23.4. The lowest BCUT2D eigenvalue weighted by Crippen LogP contribution is -2.52. The minimum atomic E-state index is -0.555. The van der Waals surface area contributed by atoms with Crippen LogP contribution in [-0.2, 0) is 29.0 Å². The van der Waals surface area contributed by atoms with Gasteiger partial charge in [0.1, 0.15) is 6.04 Å². The molecule has 0 spiro atoms. The van der Waals surface area contributed by atoms with Gasteiger partial charge in [0.05, 0.1) is 0 Å². The molecule has 1 saturated carbocycles. The maximum atomic E-state index is 13.0. The van der Waals surface area contributed by atoms with E-state index in [1.165, 1.54) is 55.2 Å². The molecule has 2 aliphatic carbocycles. The summed E-state index contributed by atoms with van der Waals surface area (Å²) in [5.41, 5.74) is 5.97. The van der Waals surface area contributed by atoms with E-state index in [0.717, 1.165) is 18.5 Å². The molecule has 188 valence electrons. The second kappa shape index (κ2) is 9.81. The molecule has 3 amide bonds. The first-order valence-corrected chi connectivity index (χ1v) is 13.6. The third kappa shape index (κ3) is 4.47. The van der Waals surface area contributed by atoms with Crippen LogP contribution in [0.15, 0.2) is 42.5 Å². The van der Waals surface area contributed by atoms with Crippen molar-refractivity contribution in [3.63, 3.8) is 0 Å². The zero-order chi connectivity index (χ0) is 24.6. The van der Waals surface area contributed by atoms with E-state index >= 15 is 0 Å². The van der Waals surface area contributed by atoms with Gasteiger partial charge in [-0.3, -0.25) is 19.7 Å². The second-order valence-electron chi connectivity index (χ2n) is 11.1. The second-order valence-corrected chi connectivity index (χ2v) is 11.1. The molecule has 2 N–H and O–H groups in total. The fraction of sp³-hybridized carbons (Fsp3) is 0.500. The molecule has 6 heteroatoms. The van der Waals surface area contributed by atoms with E-state index < -0.39 is 6.04 Å². The van der Waals surface area contributed by atoms with Gasteiger partial charge in [-0.05, 0) is 85.2 Å². The summed E-state index contributed by atoms with van der Waals surface area (Å²) < 4.78 is 0. The number of piperidine rings is 1. The molecular weight excluding hydrogens is 450 g/mol. The van der Waals surface area contributed by atoms with Crippen molar-refractivity contribution in [2.75, 3.05) is 6.54 Å². The van der Waals surface area contributed by atoms with Crippen molar-refractivity contribution < 1.29 is 14.4 Å². The Morgan fingerprint density at radius 3 is 2.58 bits per heavy atom. The van der Waals surface area contributed by atoms with Gasteiger partial charge < -0.3 is 10.2 Å². The van der Waals surface area contributed by atoms with Gasteiger partial charge in [0.15, 0.2) is 0 Å². The van der Waals surface area contributed by atoms with Gasteiger partial charge >= 0.3 is 0 Å². The summed E-state index contributed by atoms with van der Waals surface area (Å²) in [6.45, 7) is 1.52. The number of benzene rings is 2. The monoisotopic (exact) mass is 485 g/mol. The third-order valence-corrected chi connectivity index (χ3v) is 8.91. The summed E-state index contributed by atoms with van der Waals surface area (Å²) >= 11 is 0. The largest absolute Gasteiger partial charge is 0.322 e. The molecule has 2 fully saturated rings. The molecule has 4 aliphatic rings. The van der Waals surface area contributed by atoms with Crippen molar-refractivity contribution in [1.29, 1.82) is 0 Å². The van der Waals surface area contributed by atoms with Crippen molar-refractivity contribution >= 4 is 17.7 Å². The summed E-state index contributed by atoms with van der Waals surface area (Å²) in [7, 11) is 0. The van der Waals surface area contributed by atoms with Crippen LogP contribution in [0.5, 0.6) is 0 Å². The molecule has 6 nitrogen and oxygen atoms in total. The number of aryl methyl sites for hydroxylation is 1. The Morgan fingerprint density at radius 2 is 1.72 bits per heavy atom. The van der Waals surface area contributed by atoms with E-state index in [0.29, 0.717) is 36.4 Å². The maximum absolute atomic E-state index is 13.0. The topological polar surface area (TPSA) is 78.5 Å². The van der Waals surface area contributed by atoms with Crippen LogP contribution in [0, 0.1) is 11.8 Å². The van der Waals surface area contributed by atoms with E-state index in [-0.39, 0.29) is 24.1 Å². The Hall–Kier alpha value is -2.99. The molecule has 2 unspecified atom stereocenters. The van der Waals surface area contributed by atoms with Crippen LogP contribution < -0.4 is 10.6 Å². The molecule has 6 rings (SSSR count). The van der Waals surface area contributed by atoms with Crippen molar-refractivity contribution in [3.8, 4) is 0 Å². The van der Waals surface area contributed by atoms with Crippen LogP contribution in [0.3, 0.4) is 0 Å². The van der Waals surface area contributed by atoms with Crippen molar-refractivity contribution in [3.05, 3.63) is 70.3 Å². The van der Waals surface area contributed by atoms with Crippen LogP contribution in [0.2, 0.25) is 0 Å². The van der Waals surface area contributed by atoms with Crippen molar-refractivity contribution in [2.24, 2.45) is 11.8 Å². The van der Waals surface area contributed by atoms with Crippen LogP contribution in [0.4, 0.5) is 0 Å². The lowest BCUT2D eigenvalue weighted by molar-refractivity contribution is -0.136. The van der Waals surface area contributed by atoms with Gasteiger partial charge in [0.25, 0.3) is 5.91 Å². The van der Waals surface area contributed by atoms with Gasteiger partial charge in [-0.1, -0.05) is 49.2 Å². The number of nitrogens with one attached hydrogen (secondary N) is 2. The minimum absolute atomic E-state index is 0.0948. The van der Waals surface area contributed by atoms with Crippen molar-refractivity contribution in [2.45, 2.75) is 76.4 Å². The summed E-state index contributed by atoms with van der Waals surface area (Å²) in [6.07, 6.45) is 9.22. The number of nitrogens with zero attached hydrogens (tertiary/aromatic N) is 1. The molecule has 2 heterocycles. The zero-order valence-electron chi connectivity index (χ0n) is 20.8. The Morgan fingerprint density at radius 1 is 0.889 bits per heavy atom. The number of imide groups is 1. The minimum Gasteiger partial charge on any atom is -0.322 e. The predicted octanol–water partition coefficient (Wildman–Crippen LogP) is 4.07. The van der Waals surface area contributed by atoms with Crippen LogP contribution >= 0.6 is 0 Å². The van der Waals surface area contributed by atoms with Crippen LogP contribution in [-0.4, -0.2) is 35.2 Å². The van der Waals surface area contributed by atoms with Crippen LogP contribution in [0.1, 0.15) is 83.6 Å². The Labute approximate surface area is 212 Å². The molecule has 4 atom stereocenters. The summed E-state index contributed by atoms with van der Waals surface area (Å²) in [6, 6.07) is 15.0. The molecule has 2 aromatic rings. The highest BCUT2D eigenvalue weighted by atomic mass is 16.2. The van der Waals surface area contributed by atoms with Gasteiger partial charge in [-0.25, -0.2) is 0 Å². The highest BCUT2D eigenvalue weighted by Gasteiger charge is 2.39. The average molecular weight is 486 g/mol. The Balaban J connectivity index is 1.11. The average Bonchev–Trinajstić information content (AvgIpc) is 3.44. The highest BCUT2D eigenvalue weighted by molar-refractivity contribution is 6.05. The van der Waals surface area contributed by atoms with E-state index in [4.69, 9.17) is 0 Å². The number of amides is 3. The van der Waals surface area contributed by atoms with E-state index in [1.54, 1.807) is 4.90 Å². The number of hydrogen-bond acceptors (Lipinski definition) is 4. The van der Waals surface area contributed by atoms with Gasteiger partial charge in [-0.2, -0.15) is 0 Å². The molecule has 1 saturated heterocycles. The lowest BCUT2D eigenvalue weighted by Gasteiger charge is -2.33. The number of carbonyl (C=O) groups is 3. The molecule has 2 aliphatic heterocycles. The van der Waals surface area contributed by atoms with Gasteiger partial charge in [-0.15, -0.1) is 0 Å². The highest BCUT2D eigenvalue weighted by Crippen LogP contribution is 2.36. The first-order chi connectivity index (χ1) is 17.6. The first-order valence-electron chi connectivity index (χ1n) is 13.6. The van der Waals surface area contributed by atoms with E-state index in [9.17, 15) is 14.4 Å². The summed E-state index contributed by atoms with van der Waals surface area (Å²) in [4.78, 5) is 38.5. The standard InChI is InChI=1S/C30H35N3O3/c34-28-14-13-27(29(35)32-28)33-18-23-16-19(9-11-25(23)30(33)36)15-21-6-1-2-7-22(21)17-31-26-12-10-20-5-3-4-8-24(20)26/h3-5,8-9,11,16,21-22,26-27,31H,1-2,6-7,10,12-15,17-18H2,(H,32,34,35)/t21-,22-,26?,27?/m1/s1. The van der Waals surface area contributed by atoms with E-state index in [1.807, 2.05) is 6.07 Å². The maximum Gasteiger partial charge on any atom is 0.255 e. The van der Waals surface area contributed by atoms with Gasteiger partial charge in [0.2, 0.25) is 11.8 Å². The fourth-order valence-corrected chi connectivity index (χ4v) is 6.94. The molecule has 36 heavy (non-hydrogen) atoms. The SMILES string of the molecule is O=C1CCC(N2Cc3cc(C[C@H]4CCCC[C@@H]4CNC4CCc5ccccc54)ccc3C2=O)C(=O)N1. The number of hydrogen-bond donors (Lipinski definition) is 2. The smallest absolute Gasteiger partial charge is 0.255 e. The number of rotatable bonds is 6. The third-order valence-electron chi connectivity index (χ3n) is 8.91. The van der Waals surface area contributed by atoms with Crippen molar-refractivity contribution in [1.82, 2.24) is 15.5 Å². The summed E-state index contributed by atoms with van der Waals surface area (Å²) in [5.74, 6) is 0.611. The molecule has 2 aromatic carbocycles. The zero-order valence-corrected chi connectivity index (χ0v) is 20.8.